The summed E-state index contributed by atoms with van der Waals surface area (Å²) in [5, 5.41) is 0. The van der Waals surface area contributed by atoms with Crippen LogP contribution in [0.25, 0.3) is 0 Å². The Morgan fingerprint density at radius 3 is 1.50 bits per heavy atom. The molecular weight excluding hydrogens is 280 g/mol. The Morgan fingerprint density at radius 2 is 1.18 bits per heavy atom. The summed E-state index contributed by atoms with van der Waals surface area (Å²) in [5.41, 5.74) is 0.761. The first kappa shape index (κ1) is 18.2. The lowest BCUT2D eigenvalue weighted by molar-refractivity contribution is 0.0282. The molecule has 0 saturated carbocycles. The van der Waals surface area contributed by atoms with Gasteiger partial charge in [0.15, 0.2) is 0 Å². The summed E-state index contributed by atoms with van der Waals surface area (Å²) < 4.78 is 10.8. The van der Waals surface area contributed by atoms with Crippen LogP contribution in [0, 0.1) is 0 Å². The minimum absolute atomic E-state index is 0.0901. The molecule has 0 spiro atoms. The highest BCUT2D eigenvalue weighted by Crippen LogP contribution is 2.13. The number of ether oxygens (including phenoxy) is 2. The summed E-state index contributed by atoms with van der Waals surface area (Å²) in [7, 11) is 0. The summed E-state index contributed by atoms with van der Waals surface area (Å²) in [6.45, 7) is 7.91. The lowest BCUT2D eigenvalue weighted by Crippen LogP contribution is -2.18. The van der Waals surface area contributed by atoms with E-state index in [1.807, 2.05) is 27.7 Å². The van der Waals surface area contributed by atoms with Crippen molar-refractivity contribution in [2.24, 2.45) is 0 Å². The number of carbonyl (C=O) groups excluding carboxylic acids is 2. The van der Waals surface area contributed by atoms with Crippen LogP contribution in [-0.2, 0) is 9.47 Å². The van der Waals surface area contributed by atoms with E-state index in [-0.39, 0.29) is 12.2 Å². The third-order valence-electron chi connectivity index (χ3n) is 3.70. The first-order valence-corrected chi connectivity index (χ1v) is 8.07. The number of hydrogen-bond acceptors (Lipinski definition) is 4. The van der Waals surface area contributed by atoms with E-state index in [1.165, 1.54) is 6.07 Å². The predicted octanol–water partition coefficient (Wildman–Crippen LogP) is 4.38. The Morgan fingerprint density at radius 1 is 0.818 bits per heavy atom. The van der Waals surface area contributed by atoms with Gasteiger partial charge in [0.1, 0.15) is 12.2 Å². The van der Waals surface area contributed by atoms with Crippen molar-refractivity contribution in [2.75, 3.05) is 0 Å². The van der Waals surface area contributed by atoms with Gasteiger partial charge in [0, 0.05) is 0 Å². The van der Waals surface area contributed by atoms with Crippen LogP contribution in [-0.4, -0.2) is 24.1 Å². The van der Waals surface area contributed by atoms with Gasteiger partial charge in [-0.1, -0.05) is 33.8 Å². The molecule has 1 rings (SSSR count). The lowest BCUT2D eigenvalue weighted by atomic mass is 10.1. The van der Waals surface area contributed by atoms with E-state index in [9.17, 15) is 9.59 Å². The van der Waals surface area contributed by atoms with Crippen molar-refractivity contribution in [3.8, 4) is 0 Å². The van der Waals surface area contributed by atoms with Crippen molar-refractivity contribution in [3.63, 3.8) is 0 Å². The number of benzene rings is 1. The molecule has 0 saturated heterocycles. The average molecular weight is 306 g/mol. The van der Waals surface area contributed by atoms with Gasteiger partial charge in [0.2, 0.25) is 0 Å². The molecule has 0 amide bonds. The number of esters is 2. The van der Waals surface area contributed by atoms with Gasteiger partial charge < -0.3 is 9.47 Å². The molecule has 0 heterocycles. The fourth-order valence-corrected chi connectivity index (χ4v) is 2.12. The Hall–Kier alpha value is -1.84. The minimum Gasteiger partial charge on any atom is -0.459 e. The SMILES string of the molecule is CCC(CC)OC(=O)c1cccc(C(=O)OC(CC)CC)c1. The van der Waals surface area contributed by atoms with E-state index in [0.29, 0.717) is 11.1 Å². The molecule has 0 bridgehead atoms. The molecule has 1 aromatic carbocycles. The normalized spacial score (nSPS) is 10.8. The molecule has 4 heteroatoms. The Bertz CT molecular complexity index is 446. The fourth-order valence-electron chi connectivity index (χ4n) is 2.12. The Labute approximate surface area is 132 Å². The van der Waals surface area contributed by atoms with Gasteiger partial charge in [0.05, 0.1) is 11.1 Å². The molecule has 0 radical (unpaired) electrons. The summed E-state index contributed by atoms with van der Waals surface area (Å²) in [5.74, 6) is -0.795. The third kappa shape index (κ3) is 5.17. The van der Waals surface area contributed by atoms with Gasteiger partial charge in [-0.15, -0.1) is 0 Å². The van der Waals surface area contributed by atoms with E-state index in [4.69, 9.17) is 9.47 Å². The molecule has 0 fully saturated rings. The van der Waals surface area contributed by atoms with Gasteiger partial charge in [-0.3, -0.25) is 0 Å². The first-order valence-electron chi connectivity index (χ1n) is 8.07. The molecule has 0 aliphatic rings. The Balaban J connectivity index is 2.81. The molecule has 22 heavy (non-hydrogen) atoms. The molecule has 4 nitrogen and oxygen atoms in total. The van der Waals surface area contributed by atoms with Gasteiger partial charge in [-0.25, -0.2) is 9.59 Å². The lowest BCUT2D eigenvalue weighted by Gasteiger charge is -2.15. The van der Waals surface area contributed by atoms with Crippen molar-refractivity contribution in [1.82, 2.24) is 0 Å². The second kappa shape index (κ2) is 9.23. The largest absolute Gasteiger partial charge is 0.459 e. The average Bonchev–Trinajstić information content (AvgIpc) is 2.57. The standard InChI is InChI=1S/C18H26O4/c1-5-15(6-2)21-17(19)13-10-9-11-14(12-13)18(20)22-16(7-3)8-4/h9-12,15-16H,5-8H2,1-4H3. The van der Waals surface area contributed by atoms with Gasteiger partial charge in [0.25, 0.3) is 0 Å². The van der Waals surface area contributed by atoms with Crippen LogP contribution in [0.15, 0.2) is 24.3 Å². The van der Waals surface area contributed by atoms with Crippen molar-refractivity contribution in [1.29, 1.82) is 0 Å². The van der Waals surface area contributed by atoms with E-state index in [0.717, 1.165) is 25.7 Å². The fraction of sp³-hybridized carbons (Fsp3) is 0.556. The van der Waals surface area contributed by atoms with Crippen LogP contribution >= 0.6 is 0 Å². The molecule has 1 aromatic rings. The summed E-state index contributed by atoms with van der Waals surface area (Å²) in [6, 6.07) is 6.51. The van der Waals surface area contributed by atoms with Crippen LogP contribution < -0.4 is 0 Å². The predicted molar refractivity (Wildman–Crippen MR) is 86.0 cm³/mol. The zero-order valence-corrected chi connectivity index (χ0v) is 13.9. The van der Waals surface area contributed by atoms with Gasteiger partial charge in [-0.2, -0.15) is 0 Å². The summed E-state index contributed by atoms with van der Waals surface area (Å²) in [6.07, 6.45) is 2.93. The zero-order valence-electron chi connectivity index (χ0n) is 13.9. The van der Waals surface area contributed by atoms with Crippen LogP contribution in [0.3, 0.4) is 0 Å². The zero-order chi connectivity index (χ0) is 16.5. The maximum Gasteiger partial charge on any atom is 0.338 e. The highest BCUT2D eigenvalue weighted by atomic mass is 16.5. The number of hydrogen-bond donors (Lipinski definition) is 0. The topological polar surface area (TPSA) is 52.6 Å². The first-order chi connectivity index (χ1) is 10.5. The molecule has 122 valence electrons. The maximum absolute atomic E-state index is 12.1. The van der Waals surface area contributed by atoms with E-state index < -0.39 is 11.9 Å². The third-order valence-corrected chi connectivity index (χ3v) is 3.70. The van der Waals surface area contributed by atoms with Crippen molar-refractivity contribution < 1.29 is 19.1 Å². The molecule has 0 aliphatic heterocycles. The van der Waals surface area contributed by atoms with Gasteiger partial charge in [-0.05, 0) is 43.9 Å². The maximum atomic E-state index is 12.1. The van der Waals surface area contributed by atoms with Crippen LogP contribution in [0.1, 0.15) is 74.1 Å². The van der Waals surface area contributed by atoms with Gasteiger partial charge >= 0.3 is 11.9 Å². The molecule has 0 N–H and O–H groups in total. The second-order valence-corrected chi connectivity index (χ2v) is 5.27. The highest BCUT2D eigenvalue weighted by molar-refractivity contribution is 5.95. The van der Waals surface area contributed by atoms with Crippen LogP contribution in [0.5, 0.6) is 0 Å². The molecule has 0 aromatic heterocycles. The highest BCUT2D eigenvalue weighted by Gasteiger charge is 2.17. The molecular formula is C18H26O4. The molecule has 0 aliphatic carbocycles. The summed E-state index contributed by atoms with van der Waals surface area (Å²) in [4.78, 5) is 24.2. The minimum atomic E-state index is -0.397. The Kier molecular flexibility index (Phi) is 7.64. The molecule has 0 atom stereocenters. The van der Waals surface area contributed by atoms with Crippen molar-refractivity contribution in [3.05, 3.63) is 35.4 Å². The number of carbonyl (C=O) groups is 2. The number of rotatable bonds is 8. The van der Waals surface area contributed by atoms with E-state index in [2.05, 4.69) is 0 Å². The van der Waals surface area contributed by atoms with Crippen LogP contribution in [0.4, 0.5) is 0 Å². The van der Waals surface area contributed by atoms with Crippen molar-refractivity contribution >= 4 is 11.9 Å². The molecule has 0 unspecified atom stereocenters. The van der Waals surface area contributed by atoms with E-state index in [1.54, 1.807) is 18.2 Å². The monoisotopic (exact) mass is 306 g/mol. The van der Waals surface area contributed by atoms with Crippen LogP contribution in [0.2, 0.25) is 0 Å². The van der Waals surface area contributed by atoms with E-state index >= 15 is 0 Å². The smallest absolute Gasteiger partial charge is 0.338 e. The second-order valence-electron chi connectivity index (χ2n) is 5.27. The van der Waals surface area contributed by atoms with Crippen molar-refractivity contribution in [2.45, 2.75) is 65.6 Å². The summed E-state index contributed by atoms with van der Waals surface area (Å²) >= 11 is 0. The quantitative estimate of drug-likeness (QED) is 0.669.